The van der Waals surface area contributed by atoms with Crippen molar-refractivity contribution in [3.63, 3.8) is 0 Å². The van der Waals surface area contributed by atoms with E-state index in [9.17, 15) is 9.59 Å². The van der Waals surface area contributed by atoms with E-state index in [-0.39, 0.29) is 13.1 Å². The van der Waals surface area contributed by atoms with E-state index in [0.29, 0.717) is 10.7 Å². The number of anilines is 1. The van der Waals surface area contributed by atoms with Gasteiger partial charge in [-0.05, 0) is 24.6 Å². The third-order valence-electron chi connectivity index (χ3n) is 2.31. The van der Waals surface area contributed by atoms with Gasteiger partial charge >= 0.3 is 11.9 Å². The van der Waals surface area contributed by atoms with Crippen LogP contribution in [0.15, 0.2) is 18.2 Å². The molecule has 1 aromatic rings. The Morgan fingerprint density at radius 1 is 1.25 bits per heavy atom. The molecule has 1 heterocycles. The summed E-state index contributed by atoms with van der Waals surface area (Å²) < 4.78 is 4.45. The molecule has 5 heteroatoms. The summed E-state index contributed by atoms with van der Waals surface area (Å²) in [7, 11) is 0. The number of carbonyl (C=O) groups excluding carboxylic acids is 2. The van der Waals surface area contributed by atoms with Gasteiger partial charge in [-0.3, -0.25) is 0 Å². The van der Waals surface area contributed by atoms with Crippen LogP contribution < -0.4 is 4.90 Å². The fraction of sp³-hybridized carbons (Fsp3) is 0.273. The van der Waals surface area contributed by atoms with Crippen LogP contribution in [0.25, 0.3) is 0 Å². The number of carbonyl (C=O) groups is 2. The molecule has 0 amide bonds. The van der Waals surface area contributed by atoms with Gasteiger partial charge in [-0.2, -0.15) is 0 Å². The van der Waals surface area contributed by atoms with Gasteiger partial charge in [0.2, 0.25) is 0 Å². The molecule has 1 aromatic carbocycles. The predicted molar refractivity (Wildman–Crippen MR) is 59.5 cm³/mol. The minimum atomic E-state index is -0.547. The number of rotatable bonds is 1. The molecule has 0 bridgehead atoms. The van der Waals surface area contributed by atoms with E-state index in [1.165, 1.54) is 0 Å². The fourth-order valence-electron chi connectivity index (χ4n) is 1.59. The van der Waals surface area contributed by atoms with Gasteiger partial charge in [0, 0.05) is 0 Å². The molecule has 0 aliphatic carbocycles. The number of ether oxygens (including phenoxy) is 1. The Morgan fingerprint density at radius 3 is 2.50 bits per heavy atom. The third kappa shape index (κ3) is 2.17. The van der Waals surface area contributed by atoms with Crippen LogP contribution in [0.2, 0.25) is 5.02 Å². The topological polar surface area (TPSA) is 46.6 Å². The molecule has 4 nitrogen and oxygen atoms in total. The zero-order valence-electron chi connectivity index (χ0n) is 8.70. The van der Waals surface area contributed by atoms with Gasteiger partial charge in [-0.15, -0.1) is 0 Å². The lowest BCUT2D eigenvalue weighted by Crippen LogP contribution is -2.43. The number of esters is 2. The second kappa shape index (κ2) is 4.14. The zero-order valence-corrected chi connectivity index (χ0v) is 9.45. The second-order valence-electron chi connectivity index (χ2n) is 3.66. The molecular formula is C11H10ClNO3. The van der Waals surface area contributed by atoms with Crippen molar-refractivity contribution in [1.82, 2.24) is 0 Å². The minimum Gasteiger partial charge on any atom is -0.390 e. The summed E-state index contributed by atoms with van der Waals surface area (Å²) in [5, 5.41) is 0.521. The zero-order chi connectivity index (χ0) is 11.7. The lowest BCUT2D eigenvalue weighted by atomic mass is 10.2. The maximum atomic E-state index is 11.1. The van der Waals surface area contributed by atoms with E-state index >= 15 is 0 Å². The number of cyclic esters (lactones) is 2. The first kappa shape index (κ1) is 11.0. The summed E-state index contributed by atoms with van der Waals surface area (Å²) in [6.07, 6.45) is 0. The highest BCUT2D eigenvalue weighted by Crippen LogP contribution is 2.27. The van der Waals surface area contributed by atoms with Crippen molar-refractivity contribution in [2.75, 3.05) is 18.0 Å². The van der Waals surface area contributed by atoms with Crippen LogP contribution in [-0.2, 0) is 14.3 Å². The number of morpholine rings is 1. The van der Waals surface area contributed by atoms with Crippen molar-refractivity contribution >= 4 is 29.2 Å². The third-order valence-corrected chi connectivity index (χ3v) is 2.63. The normalized spacial score (nSPS) is 16.2. The molecular weight excluding hydrogens is 230 g/mol. The maximum absolute atomic E-state index is 11.1. The van der Waals surface area contributed by atoms with E-state index in [1.807, 2.05) is 19.1 Å². The molecule has 1 saturated heterocycles. The van der Waals surface area contributed by atoms with E-state index in [2.05, 4.69) is 4.74 Å². The van der Waals surface area contributed by atoms with Crippen LogP contribution in [-0.4, -0.2) is 25.0 Å². The summed E-state index contributed by atoms with van der Waals surface area (Å²) in [5.41, 5.74) is 1.71. The highest BCUT2D eigenvalue weighted by molar-refractivity contribution is 6.33. The van der Waals surface area contributed by atoms with Crippen molar-refractivity contribution in [3.05, 3.63) is 28.8 Å². The molecule has 0 radical (unpaired) electrons. The van der Waals surface area contributed by atoms with E-state index in [0.717, 1.165) is 5.56 Å². The maximum Gasteiger partial charge on any atom is 0.333 e. The molecule has 1 aliphatic heterocycles. The van der Waals surface area contributed by atoms with Gasteiger partial charge in [-0.25, -0.2) is 9.59 Å². The molecule has 1 fully saturated rings. The molecule has 0 unspecified atom stereocenters. The molecule has 0 saturated carbocycles. The van der Waals surface area contributed by atoms with Crippen molar-refractivity contribution < 1.29 is 14.3 Å². The Bertz CT molecular complexity index is 443. The summed E-state index contributed by atoms with van der Waals surface area (Å²) >= 11 is 6.02. The number of hydrogen-bond donors (Lipinski definition) is 0. The van der Waals surface area contributed by atoms with Crippen LogP contribution >= 0.6 is 11.6 Å². The van der Waals surface area contributed by atoms with Crippen LogP contribution in [0.5, 0.6) is 0 Å². The van der Waals surface area contributed by atoms with Crippen LogP contribution in [0.1, 0.15) is 5.56 Å². The SMILES string of the molecule is Cc1ccc(Cl)c(N2CC(=O)OC(=O)C2)c1. The van der Waals surface area contributed by atoms with E-state index in [1.54, 1.807) is 11.0 Å². The lowest BCUT2D eigenvalue weighted by Gasteiger charge is -2.27. The Kier molecular flexibility index (Phi) is 2.83. The molecule has 0 N–H and O–H groups in total. The molecule has 2 rings (SSSR count). The molecule has 16 heavy (non-hydrogen) atoms. The van der Waals surface area contributed by atoms with Gasteiger partial charge in [0.15, 0.2) is 0 Å². The molecule has 0 atom stereocenters. The van der Waals surface area contributed by atoms with Crippen molar-refractivity contribution in [2.24, 2.45) is 0 Å². The summed E-state index contributed by atoms with van der Waals surface area (Å²) in [4.78, 5) is 23.9. The molecule has 0 spiro atoms. The van der Waals surface area contributed by atoms with Crippen molar-refractivity contribution in [2.45, 2.75) is 6.92 Å². The average Bonchev–Trinajstić information content (AvgIpc) is 2.20. The average molecular weight is 240 g/mol. The highest BCUT2D eigenvalue weighted by atomic mass is 35.5. The quantitative estimate of drug-likeness (QED) is 0.551. The monoisotopic (exact) mass is 239 g/mol. The standard InChI is InChI=1S/C11H10ClNO3/c1-7-2-3-8(12)9(4-7)13-5-10(14)16-11(15)6-13/h2-4H,5-6H2,1H3. The highest BCUT2D eigenvalue weighted by Gasteiger charge is 2.26. The van der Waals surface area contributed by atoms with Crippen LogP contribution in [0.4, 0.5) is 5.69 Å². The van der Waals surface area contributed by atoms with Gasteiger partial charge < -0.3 is 9.64 Å². The number of halogens is 1. The number of nitrogens with zero attached hydrogens (tertiary/aromatic N) is 1. The first-order valence-electron chi connectivity index (χ1n) is 4.81. The van der Waals surface area contributed by atoms with E-state index < -0.39 is 11.9 Å². The fourth-order valence-corrected chi connectivity index (χ4v) is 1.83. The summed E-state index contributed by atoms with van der Waals surface area (Å²) in [5.74, 6) is -1.09. The smallest absolute Gasteiger partial charge is 0.333 e. The first-order valence-corrected chi connectivity index (χ1v) is 5.18. The Labute approximate surface area is 97.7 Å². The molecule has 0 aromatic heterocycles. The van der Waals surface area contributed by atoms with Gasteiger partial charge in [-0.1, -0.05) is 17.7 Å². The number of aryl methyl sites for hydroxylation is 1. The first-order chi connectivity index (χ1) is 7.56. The van der Waals surface area contributed by atoms with Crippen molar-refractivity contribution in [1.29, 1.82) is 0 Å². The largest absolute Gasteiger partial charge is 0.390 e. The molecule has 84 valence electrons. The number of benzene rings is 1. The lowest BCUT2D eigenvalue weighted by molar-refractivity contribution is -0.160. The molecule has 1 aliphatic rings. The van der Waals surface area contributed by atoms with Crippen molar-refractivity contribution in [3.8, 4) is 0 Å². The van der Waals surface area contributed by atoms with Gasteiger partial charge in [0.25, 0.3) is 0 Å². The summed E-state index contributed by atoms with van der Waals surface area (Å²) in [6, 6.07) is 5.46. The number of hydrogen-bond acceptors (Lipinski definition) is 4. The van der Waals surface area contributed by atoms with Gasteiger partial charge in [0.05, 0.1) is 10.7 Å². The van der Waals surface area contributed by atoms with Gasteiger partial charge in [0.1, 0.15) is 13.1 Å². The van der Waals surface area contributed by atoms with Crippen LogP contribution in [0.3, 0.4) is 0 Å². The minimum absolute atomic E-state index is 0.0505. The summed E-state index contributed by atoms with van der Waals surface area (Å²) in [6.45, 7) is 2.02. The Balaban J connectivity index is 2.32. The van der Waals surface area contributed by atoms with Crippen LogP contribution in [0, 0.1) is 6.92 Å². The van der Waals surface area contributed by atoms with E-state index in [4.69, 9.17) is 11.6 Å². The predicted octanol–water partition coefficient (Wildman–Crippen LogP) is 1.54. The Morgan fingerprint density at radius 2 is 1.88 bits per heavy atom. The Hall–Kier alpha value is -1.55. The second-order valence-corrected chi connectivity index (χ2v) is 4.06.